The molecule has 0 amide bonds. The van der Waals surface area contributed by atoms with Crippen molar-refractivity contribution in [1.82, 2.24) is 0 Å². The lowest BCUT2D eigenvalue weighted by Crippen LogP contribution is -2.10. The van der Waals surface area contributed by atoms with Crippen LogP contribution < -0.4 is 29.0 Å². The standard InChI is InChI=1S/C22H26N2O8S/c1-29-16-13-20(31-3)17(21(14-16)32-4)9-11-33(27,28)24-15-7-8-19(30-2)18(12-15)23-10-5-6-22(25)26/h5-9,11-14,23-24H,10H2,1-4H3,(H,25,26)/b6-5+,11-9+. The van der Waals surface area contributed by atoms with E-state index >= 15 is 0 Å². The molecule has 0 aliphatic heterocycles. The number of anilines is 2. The predicted molar refractivity (Wildman–Crippen MR) is 126 cm³/mol. The maximum Gasteiger partial charge on any atom is 0.328 e. The second kappa shape index (κ2) is 11.7. The fourth-order valence-corrected chi connectivity index (χ4v) is 3.63. The van der Waals surface area contributed by atoms with Gasteiger partial charge in [-0.3, -0.25) is 4.72 Å². The third-order valence-corrected chi connectivity index (χ3v) is 5.31. The molecule has 0 radical (unpaired) electrons. The Morgan fingerprint density at radius 2 is 1.61 bits per heavy atom. The fraction of sp³-hybridized carbons (Fsp3) is 0.227. The van der Waals surface area contributed by atoms with Crippen molar-refractivity contribution in [2.24, 2.45) is 0 Å². The first kappa shape index (κ1) is 25.4. The van der Waals surface area contributed by atoms with E-state index in [0.717, 1.165) is 11.5 Å². The maximum atomic E-state index is 12.7. The van der Waals surface area contributed by atoms with Gasteiger partial charge in [0.15, 0.2) is 0 Å². The highest BCUT2D eigenvalue weighted by molar-refractivity contribution is 7.95. The molecule has 2 aromatic rings. The fourth-order valence-electron chi connectivity index (χ4n) is 2.79. The highest BCUT2D eigenvalue weighted by Gasteiger charge is 2.14. The largest absolute Gasteiger partial charge is 0.496 e. The lowest BCUT2D eigenvalue weighted by atomic mass is 10.1. The molecule has 0 heterocycles. The first-order chi connectivity index (χ1) is 15.7. The number of nitrogens with one attached hydrogen (secondary N) is 2. The summed E-state index contributed by atoms with van der Waals surface area (Å²) >= 11 is 0. The van der Waals surface area contributed by atoms with Crippen molar-refractivity contribution in [3.63, 3.8) is 0 Å². The Morgan fingerprint density at radius 1 is 0.970 bits per heavy atom. The molecule has 0 aromatic heterocycles. The molecule has 3 N–H and O–H groups in total. The zero-order valence-corrected chi connectivity index (χ0v) is 19.4. The van der Waals surface area contributed by atoms with Crippen LogP contribution in [0.3, 0.4) is 0 Å². The molecule has 178 valence electrons. The van der Waals surface area contributed by atoms with Crippen molar-refractivity contribution < 1.29 is 37.3 Å². The van der Waals surface area contributed by atoms with Crippen molar-refractivity contribution in [2.75, 3.05) is 45.0 Å². The lowest BCUT2D eigenvalue weighted by Gasteiger charge is -2.13. The summed E-state index contributed by atoms with van der Waals surface area (Å²) in [6, 6.07) is 7.88. The van der Waals surface area contributed by atoms with Crippen LogP contribution in [0.1, 0.15) is 5.56 Å². The Kier molecular flexibility index (Phi) is 8.98. The average molecular weight is 479 g/mol. The molecule has 11 heteroatoms. The molecule has 0 aliphatic carbocycles. The van der Waals surface area contributed by atoms with Crippen LogP contribution in [0.5, 0.6) is 23.0 Å². The second-order valence-electron chi connectivity index (χ2n) is 6.43. The SMILES string of the molecule is COc1cc(OC)c(/C=C/S(=O)(=O)Nc2ccc(OC)c(NC/C=C/C(=O)O)c2)c(OC)c1. The van der Waals surface area contributed by atoms with E-state index in [2.05, 4.69) is 10.0 Å². The van der Waals surface area contributed by atoms with Crippen molar-refractivity contribution >= 4 is 33.4 Å². The van der Waals surface area contributed by atoms with E-state index in [4.69, 9.17) is 24.1 Å². The molecule has 2 aromatic carbocycles. The number of methoxy groups -OCH3 is 4. The van der Waals surface area contributed by atoms with Crippen LogP contribution in [0.4, 0.5) is 11.4 Å². The highest BCUT2D eigenvalue weighted by Crippen LogP contribution is 2.35. The molecular formula is C22H26N2O8S. The topological polar surface area (TPSA) is 132 Å². The van der Waals surface area contributed by atoms with Gasteiger partial charge in [0.2, 0.25) is 0 Å². The molecule has 0 unspecified atom stereocenters. The summed E-state index contributed by atoms with van der Waals surface area (Å²) < 4.78 is 48.9. The predicted octanol–water partition coefficient (Wildman–Crippen LogP) is 3.19. The number of carboxylic acid groups (broad SMARTS) is 1. The van der Waals surface area contributed by atoms with Crippen LogP contribution in [0.25, 0.3) is 6.08 Å². The van der Waals surface area contributed by atoms with E-state index < -0.39 is 16.0 Å². The minimum absolute atomic E-state index is 0.204. The zero-order valence-electron chi connectivity index (χ0n) is 18.6. The van der Waals surface area contributed by atoms with Crippen molar-refractivity contribution in [3.8, 4) is 23.0 Å². The molecule has 0 spiro atoms. The Morgan fingerprint density at radius 3 is 2.15 bits per heavy atom. The van der Waals surface area contributed by atoms with Gasteiger partial charge in [-0.2, -0.15) is 0 Å². The Bertz CT molecular complexity index is 1120. The van der Waals surface area contributed by atoms with E-state index in [1.54, 1.807) is 18.2 Å². The second-order valence-corrected chi connectivity index (χ2v) is 8.00. The number of carboxylic acids is 1. The molecule has 0 saturated heterocycles. The Balaban J connectivity index is 2.26. The van der Waals surface area contributed by atoms with E-state index in [9.17, 15) is 13.2 Å². The molecule has 0 atom stereocenters. The molecule has 33 heavy (non-hydrogen) atoms. The van der Waals surface area contributed by atoms with E-state index in [-0.39, 0.29) is 12.2 Å². The number of sulfonamides is 1. The minimum Gasteiger partial charge on any atom is -0.496 e. The van der Waals surface area contributed by atoms with Gasteiger partial charge in [0.25, 0.3) is 10.0 Å². The van der Waals surface area contributed by atoms with E-state index in [1.165, 1.54) is 52.7 Å². The van der Waals surface area contributed by atoms with Crippen LogP contribution in [0.15, 0.2) is 47.9 Å². The third-order valence-electron chi connectivity index (χ3n) is 4.30. The molecular weight excluding hydrogens is 452 g/mol. The number of ether oxygens (including phenoxy) is 4. The number of hydrogen-bond acceptors (Lipinski definition) is 8. The van der Waals surface area contributed by atoms with Gasteiger partial charge in [0.1, 0.15) is 23.0 Å². The first-order valence-electron chi connectivity index (χ1n) is 9.55. The van der Waals surface area contributed by atoms with Gasteiger partial charge in [-0.05, 0) is 24.3 Å². The number of aliphatic carboxylic acids is 1. The molecule has 10 nitrogen and oxygen atoms in total. The highest BCUT2D eigenvalue weighted by atomic mass is 32.2. The molecule has 0 bridgehead atoms. The maximum absolute atomic E-state index is 12.7. The van der Waals surface area contributed by atoms with Crippen molar-refractivity contribution in [2.45, 2.75) is 0 Å². The quantitative estimate of drug-likeness (QED) is 0.393. The van der Waals surface area contributed by atoms with Crippen LogP contribution in [-0.2, 0) is 14.8 Å². The summed E-state index contributed by atoms with van der Waals surface area (Å²) in [4.78, 5) is 10.6. The summed E-state index contributed by atoms with van der Waals surface area (Å²) in [6.45, 7) is 0.204. The number of benzene rings is 2. The molecule has 0 aliphatic rings. The van der Waals surface area contributed by atoms with Gasteiger partial charge < -0.3 is 29.4 Å². The van der Waals surface area contributed by atoms with Gasteiger partial charge in [0, 0.05) is 24.8 Å². The Labute approximate surface area is 192 Å². The van der Waals surface area contributed by atoms with Crippen LogP contribution in [0, 0.1) is 0 Å². The Hall–Kier alpha value is -3.86. The molecule has 0 fully saturated rings. The van der Waals surface area contributed by atoms with E-state index in [1.807, 2.05) is 0 Å². The monoisotopic (exact) mass is 478 g/mol. The summed E-state index contributed by atoms with van der Waals surface area (Å²) in [6.07, 6.45) is 3.77. The molecule has 0 saturated carbocycles. The number of carbonyl (C=O) groups is 1. The van der Waals surface area contributed by atoms with Crippen LogP contribution in [0.2, 0.25) is 0 Å². The average Bonchev–Trinajstić information content (AvgIpc) is 2.79. The first-order valence-corrected chi connectivity index (χ1v) is 11.1. The smallest absolute Gasteiger partial charge is 0.328 e. The van der Waals surface area contributed by atoms with Gasteiger partial charge in [0.05, 0.1) is 50.8 Å². The van der Waals surface area contributed by atoms with Crippen molar-refractivity contribution in [3.05, 3.63) is 53.5 Å². The van der Waals surface area contributed by atoms with Gasteiger partial charge in [-0.15, -0.1) is 0 Å². The zero-order chi connectivity index (χ0) is 24.4. The summed E-state index contributed by atoms with van der Waals surface area (Å²) in [5, 5.41) is 12.6. The van der Waals surface area contributed by atoms with Gasteiger partial charge in [-0.1, -0.05) is 6.08 Å². The van der Waals surface area contributed by atoms with Crippen molar-refractivity contribution in [1.29, 1.82) is 0 Å². The number of rotatable bonds is 12. The molecule has 2 rings (SSSR count). The van der Waals surface area contributed by atoms with Crippen LogP contribution >= 0.6 is 0 Å². The van der Waals surface area contributed by atoms with Crippen LogP contribution in [-0.4, -0.2) is 54.5 Å². The minimum atomic E-state index is -3.90. The summed E-state index contributed by atoms with van der Waals surface area (Å²) in [5.74, 6) is 0.649. The van der Waals surface area contributed by atoms with E-state index in [0.29, 0.717) is 34.2 Å². The lowest BCUT2D eigenvalue weighted by molar-refractivity contribution is -0.131. The normalized spacial score (nSPS) is 11.4. The number of hydrogen-bond donors (Lipinski definition) is 3. The summed E-state index contributed by atoms with van der Waals surface area (Å²) in [7, 11) is 1.97. The summed E-state index contributed by atoms with van der Waals surface area (Å²) in [5.41, 5.74) is 1.18. The van der Waals surface area contributed by atoms with Gasteiger partial charge >= 0.3 is 5.97 Å². The third kappa shape index (κ3) is 7.35. The van der Waals surface area contributed by atoms with Gasteiger partial charge in [-0.25, -0.2) is 13.2 Å².